The van der Waals surface area contributed by atoms with Crippen molar-refractivity contribution in [2.75, 3.05) is 31.6 Å². The number of fused-ring (bicyclic) bond motifs is 1. The van der Waals surface area contributed by atoms with Crippen LogP contribution in [0.15, 0.2) is 51.9 Å². The summed E-state index contributed by atoms with van der Waals surface area (Å²) < 4.78 is 58.9. The Morgan fingerprint density at radius 3 is 2.73 bits per heavy atom. The van der Waals surface area contributed by atoms with Crippen LogP contribution in [0.3, 0.4) is 0 Å². The summed E-state index contributed by atoms with van der Waals surface area (Å²) in [6, 6.07) is 11.3. The van der Waals surface area contributed by atoms with Gasteiger partial charge in [-0.15, -0.1) is 0 Å². The second-order valence-corrected chi connectivity index (χ2v) is 10.7. The Balaban J connectivity index is 1.32. The highest BCUT2D eigenvalue weighted by Crippen LogP contribution is 2.34. The lowest BCUT2D eigenvalue weighted by Gasteiger charge is -2.31. The summed E-state index contributed by atoms with van der Waals surface area (Å²) in [6.07, 6.45) is 3.89. The van der Waals surface area contributed by atoms with Gasteiger partial charge in [-0.25, -0.2) is 12.8 Å². The second kappa shape index (κ2) is 10.3. The number of piperidine rings is 1. The van der Waals surface area contributed by atoms with E-state index in [-0.39, 0.29) is 40.9 Å². The number of hydrogen-bond donors (Lipinski definition) is 1. The highest BCUT2D eigenvalue weighted by Gasteiger charge is 2.37. The number of benzene rings is 2. The number of amides is 1. The van der Waals surface area contributed by atoms with Crippen LogP contribution < -0.4 is 14.8 Å². The molecule has 2 aliphatic rings. The normalized spacial score (nSPS) is 18.2. The predicted molar refractivity (Wildman–Crippen MR) is 134 cm³/mol. The van der Waals surface area contributed by atoms with Crippen LogP contribution >= 0.6 is 0 Å². The molecule has 2 aliphatic heterocycles. The maximum Gasteiger partial charge on any atom is 0.248 e. The van der Waals surface area contributed by atoms with Crippen LogP contribution in [0, 0.1) is 18.7 Å². The van der Waals surface area contributed by atoms with Gasteiger partial charge in [0.25, 0.3) is 0 Å². The molecule has 0 radical (unpaired) electrons. The van der Waals surface area contributed by atoms with E-state index < -0.39 is 21.8 Å². The van der Waals surface area contributed by atoms with Gasteiger partial charge in [0, 0.05) is 30.4 Å². The molecule has 1 N–H and O–H groups in total. The van der Waals surface area contributed by atoms with E-state index in [0.717, 1.165) is 0 Å². The van der Waals surface area contributed by atoms with Gasteiger partial charge in [0.05, 0.1) is 5.92 Å². The molecule has 9 nitrogen and oxygen atoms in total. The van der Waals surface area contributed by atoms with Gasteiger partial charge in [-0.3, -0.25) is 4.79 Å². The van der Waals surface area contributed by atoms with Crippen molar-refractivity contribution in [1.82, 2.24) is 9.46 Å². The van der Waals surface area contributed by atoms with Gasteiger partial charge in [-0.1, -0.05) is 23.4 Å². The lowest BCUT2D eigenvalue weighted by atomic mass is 9.98. The Labute approximate surface area is 213 Å². The van der Waals surface area contributed by atoms with Crippen LogP contribution in [0.4, 0.5) is 10.1 Å². The van der Waals surface area contributed by atoms with Crippen molar-refractivity contribution < 1.29 is 31.6 Å². The number of nitrogens with one attached hydrogen (secondary N) is 1. The number of hydrogen-bond acceptors (Lipinski definition) is 7. The third-order valence-corrected chi connectivity index (χ3v) is 8.34. The molecular weight excluding hydrogens is 501 g/mol. The van der Waals surface area contributed by atoms with Crippen molar-refractivity contribution in [1.29, 1.82) is 0 Å². The van der Waals surface area contributed by atoms with Crippen molar-refractivity contribution in [2.45, 2.75) is 24.7 Å². The zero-order valence-corrected chi connectivity index (χ0v) is 21.0. The molecule has 3 aromatic rings. The average molecular weight is 528 g/mol. The number of halogens is 1. The highest BCUT2D eigenvalue weighted by atomic mass is 32.2. The number of ether oxygens (including phenoxy) is 2. The monoisotopic (exact) mass is 527 g/mol. The summed E-state index contributed by atoms with van der Waals surface area (Å²) in [5.74, 6) is -0.0996. The molecule has 37 heavy (non-hydrogen) atoms. The van der Waals surface area contributed by atoms with E-state index in [0.29, 0.717) is 43.2 Å². The van der Waals surface area contributed by atoms with Crippen LogP contribution in [-0.4, -0.2) is 50.1 Å². The first-order chi connectivity index (χ1) is 17.8. The van der Waals surface area contributed by atoms with E-state index in [4.69, 9.17) is 14.0 Å². The first-order valence-corrected chi connectivity index (χ1v) is 13.4. The minimum atomic E-state index is -4.03. The molecular formula is C26H26FN3O6S. The van der Waals surface area contributed by atoms with Gasteiger partial charge < -0.3 is 19.3 Å². The molecule has 1 aromatic heterocycles. The lowest BCUT2D eigenvalue weighted by molar-refractivity contribution is -0.120. The fourth-order valence-electron chi connectivity index (χ4n) is 4.44. The van der Waals surface area contributed by atoms with Gasteiger partial charge in [0.2, 0.25) is 15.9 Å². The largest absolute Gasteiger partial charge is 0.486 e. The Kier molecular flexibility index (Phi) is 6.98. The first-order valence-electron chi connectivity index (χ1n) is 11.9. The van der Waals surface area contributed by atoms with Crippen molar-refractivity contribution >= 4 is 33.8 Å². The molecule has 3 heterocycles. The number of anilines is 1. The number of sulfonamides is 1. The highest BCUT2D eigenvalue weighted by molar-refractivity contribution is 7.89. The van der Waals surface area contributed by atoms with Crippen LogP contribution in [0.25, 0.3) is 12.2 Å². The summed E-state index contributed by atoms with van der Waals surface area (Å²) in [4.78, 5) is 12.9. The summed E-state index contributed by atoms with van der Waals surface area (Å²) >= 11 is 0. The van der Waals surface area contributed by atoms with E-state index in [1.807, 2.05) is 0 Å². The van der Waals surface area contributed by atoms with Gasteiger partial charge in [-0.05, 0) is 50.1 Å². The molecule has 5 rings (SSSR count). The summed E-state index contributed by atoms with van der Waals surface area (Å²) in [6.45, 7) is 2.71. The van der Waals surface area contributed by atoms with Crippen LogP contribution in [0.1, 0.15) is 29.9 Å². The minimum Gasteiger partial charge on any atom is -0.486 e. The Hall–Kier alpha value is -3.70. The van der Waals surface area contributed by atoms with E-state index >= 15 is 0 Å². The van der Waals surface area contributed by atoms with Gasteiger partial charge >= 0.3 is 0 Å². The Morgan fingerprint density at radius 2 is 1.92 bits per heavy atom. The van der Waals surface area contributed by atoms with Crippen LogP contribution in [0.5, 0.6) is 11.5 Å². The van der Waals surface area contributed by atoms with E-state index in [9.17, 15) is 17.6 Å². The third-order valence-electron chi connectivity index (χ3n) is 6.32. The quantitative estimate of drug-likeness (QED) is 0.514. The van der Waals surface area contributed by atoms with Crippen LogP contribution in [0.2, 0.25) is 0 Å². The van der Waals surface area contributed by atoms with Gasteiger partial charge in [0.15, 0.2) is 22.2 Å². The molecule has 1 unspecified atom stereocenters. The maximum atomic E-state index is 14.0. The summed E-state index contributed by atoms with van der Waals surface area (Å²) in [5, 5.41) is 6.69. The number of nitrogens with zero attached hydrogens (tertiary/aromatic N) is 2. The number of carbonyl (C=O) groups excluding carboxylic acids is 1. The van der Waals surface area contributed by atoms with Gasteiger partial charge in [-0.2, -0.15) is 4.31 Å². The molecule has 2 aromatic carbocycles. The number of aryl methyl sites for hydroxylation is 1. The molecule has 11 heteroatoms. The van der Waals surface area contributed by atoms with Crippen molar-refractivity contribution in [2.24, 2.45) is 5.92 Å². The Morgan fingerprint density at radius 1 is 1.14 bits per heavy atom. The number of carbonyl (C=O) groups is 1. The summed E-state index contributed by atoms with van der Waals surface area (Å²) in [5.41, 5.74) is 1.02. The molecule has 0 aliphatic carbocycles. The topological polar surface area (TPSA) is 111 Å². The second-order valence-electron chi connectivity index (χ2n) is 8.87. The Bertz CT molecular complexity index is 1450. The van der Waals surface area contributed by atoms with Gasteiger partial charge in [0.1, 0.15) is 24.7 Å². The average Bonchev–Trinajstić information content (AvgIpc) is 3.29. The molecule has 1 saturated heterocycles. The third kappa shape index (κ3) is 5.23. The fourth-order valence-corrected chi connectivity index (χ4v) is 6.22. The number of rotatable bonds is 6. The van der Waals surface area contributed by atoms with Crippen LogP contribution in [-0.2, 0) is 14.8 Å². The summed E-state index contributed by atoms with van der Waals surface area (Å²) in [7, 11) is -4.03. The molecule has 1 fully saturated rings. The van der Waals surface area contributed by atoms with E-state index in [1.54, 1.807) is 36.4 Å². The van der Waals surface area contributed by atoms with Crippen molar-refractivity contribution in [3.63, 3.8) is 0 Å². The SMILES string of the molecule is Cc1noc(/C=C/c2ccccc2F)c1S(=O)(=O)N1CCCC(C(=O)Nc2ccc3c(c2)OCCO3)C1. The molecule has 0 bridgehead atoms. The molecule has 0 spiro atoms. The number of aromatic nitrogens is 1. The first kappa shape index (κ1) is 25.0. The standard InChI is InChI=1S/C26H26FN3O6S/c1-17-25(23(36-29-17)10-8-18-5-2-3-7-21(18)27)37(32,33)30-12-4-6-19(16-30)26(31)28-20-9-11-22-24(15-20)35-14-13-34-22/h2-3,5,7-11,15,19H,4,6,12-14,16H2,1H3,(H,28,31)/b10-8+. The molecule has 194 valence electrons. The zero-order valence-electron chi connectivity index (χ0n) is 20.1. The minimum absolute atomic E-state index is 0.00334. The van der Waals surface area contributed by atoms with Crippen molar-refractivity contribution in [3.8, 4) is 11.5 Å². The molecule has 0 saturated carbocycles. The maximum absolute atomic E-state index is 14.0. The lowest BCUT2D eigenvalue weighted by Crippen LogP contribution is -2.43. The zero-order chi connectivity index (χ0) is 26.0. The van der Waals surface area contributed by atoms with E-state index in [1.165, 1.54) is 29.4 Å². The smallest absolute Gasteiger partial charge is 0.248 e. The molecule has 1 atom stereocenters. The van der Waals surface area contributed by atoms with E-state index in [2.05, 4.69) is 10.5 Å². The fraction of sp³-hybridized carbons (Fsp3) is 0.308. The van der Waals surface area contributed by atoms with Crippen molar-refractivity contribution in [3.05, 3.63) is 65.3 Å². The predicted octanol–water partition coefficient (Wildman–Crippen LogP) is 4.10. The molecule has 1 amide bonds.